The number of nitrogens with zero attached hydrogens (tertiary/aromatic N) is 1. The second-order valence-corrected chi connectivity index (χ2v) is 5.20. The van der Waals surface area contributed by atoms with Crippen molar-refractivity contribution in [1.29, 1.82) is 0 Å². The number of aliphatic carboxylic acids is 1. The highest BCUT2D eigenvalue weighted by Gasteiger charge is 2.36. The summed E-state index contributed by atoms with van der Waals surface area (Å²) < 4.78 is 16.3. The smallest absolute Gasteiger partial charge is 0.304 e. The van der Waals surface area contributed by atoms with Crippen molar-refractivity contribution in [2.75, 3.05) is 21.3 Å². The number of aromatic nitrogens is 1. The molecule has 0 fully saturated rings. The average Bonchev–Trinajstić information content (AvgIpc) is 2.86. The van der Waals surface area contributed by atoms with Gasteiger partial charge in [0.1, 0.15) is 0 Å². The Kier molecular flexibility index (Phi) is 3.82. The number of benzene rings is 1. The minimum Gasteiger partial charge on any atom is -0.493 e. The van der Waals surface area contributed by atoms with E-state index in [2.05, 4.69) is 4.98 Å². The zero-order valence-corrected chi connectivity index (χ0v) is 13.1. The molecular formula is C17H17NO5. The topological polar surface area (TPSA) is 77.9 Å². The van der Waals surface area contributed by atoms with Gasteiger partial charge in [-0.05, 0) is 23.3 Å². The molecule has 0 radical (unpaired) electrons. The summed E-state index contributed by atoms with van der Waals surface area (Å²) in [4.78, 5) is 15.7. The highest BCUT2D eigenvalue weighted by molar-refractivity contribution is 5.86. The fourth-order valence-corrected chi connectivity index (χ4v) is 3.16. The predicted octanol–water partition coefficient (Wildman–Crippen LogP) is 2.69. The first-order valence-corrected chi connectivity index (χ1v) is 7.12. The Morgan fingerprint density at radius 2 is 1.91 bits per heavy atom. The lowest BCUT2D eigenvalue weighted by atomic mass is 9.93. The van der Waals surface area contributed by atoms with Crippen LogP contribution >= 0.6 is 0 Å². The number of carboxylic acid groups (broad SMARTS) is 1. The van der Waals surface area contributed by atoms with Crippen LogP contribution in [0, 0.1) is 0 Å². The van der Waals surface area contributed by atoms with Gasteiger partial charge >= 0.3 is 5.97 Å². The van der Waals surface area contributed by atoms with Crippen LogP contribution in [-0.2, 0) is 4.79 Å². The van der Waals surface area contributed by atoms with Gasteiger partial charge in [-0.1, -0.05) is 6.07 Å². The number of hydrogen-bond donors (Lipinski definition) is 1. The highest BCUT2D eigenvalue weighted by Crippen LogP contribution is 2.55. The Hall–Kier alpha value is -2.76. The van der Waals surface area contributed by atoms with Gasteiger partial charge < -0.3 is 19.3 Å². The molecule has 1 unspecified atom stereocenters. The monoisotopic (exact) mass is 315 g/mol. The van der Waals surface area contributed by atoms with E-state index in [4.69, 9.17) is 14.2 Å². The van der Waals surface area contributed by atoms with E-state index >= 15 is 0 Å². The van der Waals surface area contributed by atoms with E-state index in [1.165, 1.54) is 14.2 Å². The van der Waals surface area contributed by atoms with Gasteiger partial charge in [-0.25, -0.2) is 0 Å². The minimum atomic E-state index is -0.869. The quantitative estimate of drug-likeness (QED) is 0.914. The van der Waals surface area contributed by atoms with Gasteiger partial charge in [0.05, 0.1) is 39.0 Å². The van der Waals surface area contributed by atoms with Gasteiger partial charge in [0.15, 0.2) is 11.5 Å². The molecule has 1 N–H and O–H groups in total. The number of carboxylic acids is 1. The fourth-order valence-electron chi connectivity index (χ4n) is 3.16. The van der Waals surface area contributed by atoms with Crippen LogP contribution in [-0.4, -0.2) is 37.4 Å². The Labute approximate surface area is 133 Å². The summed E-state index contributed by atoms with van der Waals surface area (Å²) >= 11 is 0. The molecule has 1 aromatic heterocycles. The van der Waals surface area contributed by atoms with Crippen LogP contribution in [0.2, 0.25) is 0 Å². The SMILES string of the molecule is COc1cc2c(c(OC)c1OC)-c1ncccc1C2CC(=O)O. The van der Waals surface area contributed by atoms with Crippen molar-refractivity contribution in [2.45, 2.75) is 12.3 Å². The second kappa shape index (κ2) is 5.79. The molecule has 0 saturated heterocycles. The van der Waals surface area contributed by atoms with Gasteiger partial charge in [-0.15, -0.1) is 0 Å². The number of hydrogen-bond acceptors (Lipinski definition) is 5. The van der Waals surface area contributed by atoms with E-state index in [0.29, 0.717) is 17.2 Å². The Bertz CT molecular complexity index is 772. The Balaban J connectivity index is 2.33. The normalized spacial score (nSPS) is 14.8. The third-order valence-corrected chi connectivity index (χ3v) is 4.07. The van der Waals surface area contributed by atoms with Gasteiger partial charge in [0.25, 0.3) is 0 Å². The molecule has 1 heterocycles. The number of methoxy groups -OCH3 is 3. The van der Waals surface area contributed by atoms with Gasteiger partial charge in [0, 0.05) is 12.1 Å². The number of pyridine rings is 1. The second-order valence-electron chi connectivity index (χ2n) is 5.20. The minimum absolute atomic E-state index is 0.0235. The first-order valence-electron chi connectivity index (χ1n) is 7.12. The summed E-state index contributed by atoms with van der Waals surface area (Å²) in [5.74, 6) is 0.327. The van der Waals surface area contributed by atoms with E-state index in [0.717, 1.165) is 22.4 Å². The van der Waals surface area contributed by atoms with Crippen molar-refractivity contribution in [3.8, 4) is 28.5 Å². The largest absolute Gasteiger partial charge is 0.493 e. The maximum Gasteiger partial charge on any atom is 0.304 e. The zero-order valence-electron chi connectivity index (χ0n) is 13.1. The molecule has 0 spiro atoms. The third kappa shape index (κ3) is 2.27. The van der Waals surface area contributed by atoms with Crippen molar-refractivity contribution in [1.82, 2.24) is 4.98 Å². The molecule has 1 aliphatic carbocycles. The summed E-state index contributed by atoms with van der Waals surface area (Å²) in [5.41, 5.74) is 3.20. The predicted molar refractivity (Wildman–Crippen MR) is 83.4 cm³/mol. The van der Waals surface area contributed by atoms with Gasteiger partial charge in [-0.3, -0.25) is 9.78 Å². The maximum atomic E-state index is 11.3. The number of fused-ring (bicyclic) bond motifs is 3. The highest BCUT2D eigenvalue weighted by atomic mass is 16.5. The lowest BCUT2D eigenvalue weighted by Gasteiger charge is -2.17. The van der Waals surface area contributed by atoms with Crippen LogP contribution in [0.15, 0.2) is 24.4 Å². The first kappa shape index (κ1) is 15.1. The summed E-state index contributed by atoms with van der Waals surface area (Å²) in [6.45, 7) is 0. The lowest BCUT2D eigenvalue weighted by molar-refractivity contribution is -0.137. The molecule has 0 amide bonds. The summed E-state index contributed by atoms with van der Waals surface area (Å²) in [6.07, 6.45) is 1.66. The average molecular weight is 315 g/mol. The lowest BCUT2D eigenvalue weighted by Crippen LogP contribution is -2.06. The first-order chi connectivity index (χ1) is 11.1. The molecule has 6 nitrogen and oxygen atoms in total. The molecular weight excluding hydrogens is 298 g/mol. The summed E-state index contributed by atoms with van der Waals surface area (Å²) in [7, 11) is 4.62. The van der Waals surface area contributed by atoms with Gasteiger partial charge in [-0.2, -0.15) is 0 Å². The summed E-state index contributed by atoms with van der Waals surface area (Å²) in [6, 6.07) is 5.51. The van der Waals surface area contributed by atoms with Crippen LogP contribution in [0.4, 0.5) is 0 Å². The van der Waals surface area contributed by atoms with Crippen LogP contribution in [0.5, 0.6) is 17.2 Å². The van der Waals surface area contributed by atoms with E-state index in [-0.39, 0.29) is 12.3 Å². The van der Waals surface area contributed by atoms with Crippen molar-refractivity contribution in [3.05, 3.63) is 35.5 Å². The fraction of sp³-hybridized carbons (Fsp3) is 0.294. The molecule has 0 aliphatic heterocycles. The van der Waals surface area contributed by atoms with Crippen molar-refractivity contribution >= 4 is 5.97 Å². The van der Waals surface area contributed by atoms with E-state index < -0.39 is 5.97 Å². The van der Waals surface area contributed by atoms with Crippen LogP contribution in [0.25, 0.3) is 11.3 Å². The van der Waals surface area contributed by atoms with Crippen molar-refractivity contribution in [3.63, 3.8) is 0 Å². The zero-order chi connectivity index (χ0) is 16.6. The molecule has 2 aromatic rings. The molecule has 3 rings (SSSR count). The summed E-state index contributed by atoms with van der Waals surface area (Å²) in [5, 5.41) is 9.27. The third-order valence-electron chi connectivity index (χ3n) is 4.07. The van der Waals surface area contributed by atoms with Crippen LogP contribution in [0.3, 0.4) is 0 Å². The number of ether oxygens (including phenoxy) is 3. The molecule has 1 atom stereocenters. The molecule has 23 heavy (non-hydrogen) atoms. The van der Waals surface area contributed by atoms with E-state index in [9.17, 15) is 9.90 Å². The maximum absolute atomic E-state index is 11.3. The van der Waals surface area contributed by atoms with E-state index in [1.807, 2.05) is 12.1 Å². The van der Waals surface area contributed by atoms with Gasteiger partial charge in [0.2, 0.25) is 5.75 Å². The van der Waals surface area contributed by atoms with Crippen LogP contribution < -0.4 is 14.2 Å². The molecule has 1 aromatic carbocycles. The Morgan fingerprint density at radius 1 is 1.17 bits per heavy atom. The standard InChI is InChI=1S/C17H17NO5/c1-21-12-7-11-10(8-13(19)20)9-5-4-6-18-15(9)14(11)17(23-3)16(12)22-2/h4-7,10H,8H2,1-3H3,(H,19,20). The molecule has 120 valence electrons. The van der Waals surface area contributed by atoms with Crippen LogP contribution in [0.1, 0.15) is 23.5 Å². The molecule has 0 bridgehead atoms. The Morgan fingerprint density at radius 3 is 2.52 bits per heavy atom. The van der Waals surface area contributed by atoms with E-state index in [1.54, 1.807) is 19.4 Å². The molecule has 0 saturated carbocycles. The number of rotatable bonds is 5. The van der Waals surface area contributed by atoms with Crippen molar-refractivity contribution in [2.24, 2.45) is 0 Å². The molecule has 1 aliphatic rings. The molecule has 6 heteroatoms. The van der Waals surface area contributed by atoms with Crippen molar-refractivity contribution < 1.29 is 24.1 Å². The number of carbonyl (C=O) groups is 1.